The fourth-order valence-corrected chi connectivity index (χ4v) is 1.54. The molecular weight excluding hydrogens is 198 g/mol. The van der Waals surface area contributed by atoms with Crippen LogP contribution in [0.1, 0.15) is 24.6 Å². The summed E-state index contributed by atoms with van der Waals surface area (Å²) in [6, 6.07) is 1.54. The van der Waals surface area contributed by atoms with Crippen molar-refractivity contribution in [1.82, 2.24) is 9.78 Å². The first-order valence-electron chi connectivity index (χ1n) is 4.77. The number of primary amides is 1. The minimum Gasteiger partial charge on any atom is -0.390 e. The highest BCUT2D eigenvalue weighted by Crippen LogP contribution is 2.41. The molecule has 0 bridgehead atoms. The number of aliphatic hydroxyl groups excluding tert-OH is 1. The van der Waals surface area contributed by atoms with Crippen molar-refractivity contribution in [1.29, 1.82) is 0 Å². The monoisotopic (exact) mass is 211 g/mol. The second-order valence-corrected chi connectivity index (χ2v) is 3.73. The molecule has 1 aromatic heterocycles. The van der Waals surface area contributed by atoms with Crippen LogP contribution in [-0.2, 0) is 7.05 Å². The third-order valence-corrected chi connectivity index (χ3v) is 2.47. The largest absolute Gasteiger partial charge is 0.411 e. The van der Waals surface area contributed by atoms with Crippen LogP contribution in [-0.4, -0.2) is 21.0 Å². The molecule has 0 aromatic carbocycles. The van der Waals surface area contributed by atoms with E-state index < -0.39 is 12.2 Å². The number of nitrogens with two attached hydrogens (primary N) is 1. The lowest BCUT2D eigenvalue weighted by molar-refractivity contribution is 0.144. The van der Waals surface area contributed by atoms with Gasteiger partial charge in [-0.2, -0.15) is 0 Å². The molecule has 6 nitrogen and oxygen atoms in total. The number of rotatable bonds is 3. The van der Waals surface area contributed by atoms with E-state index in [0.29, 0.717) is 11.6 Å². The summed E-state index contributed by atoms with van der Waals surface area (Å²) in [5, 5.41) is 13.8. The van der Waals surface area contributed by atoms with Crippen molar-refractivity contribution < 1.29 is 14.6 Å². The van der Waals surface area contributed by atoms with E-state index in [1.807, 2.05) is 0 Å². The molecule has 1 heterocycles. The van der Waals surface area contributed by atoms with Gasteiger partial charge in [0.25, 0.3) is 0 Å². The number of hydrogen-bond acceptors (Lipinski definition) is 4. The van der Waals surface area contributed by atoms with E-state index in [4.69, 9.17) is 5.73 Å². The Hall–Kier alpha value is -1.56. The average Bonchev–Trinajstić information content (AvgIpc) is 2.90. The second kappa shape index (κ2) is 3.54. The van der Waals surface area contributed by atoms with E-state index in [0.717, 1.165) is 12.8 Å². The first-order chi connectivity index (χ1) is 7.08. The zero-order valence-corrected chi connectivity index (χ0v) is 8.38. The van der Waals surface area contributed by atoms with E-state index in [2.05, 4.69) is 9.84 Å². The zero-order valence-electron chi connectivity index (χ0n) is 8.38. The quantitative estimate of drug-likeness (QED) is 0.753. The van der Waals surface area contributed by atoms with Gasteiger partial charge in [-0.05, 0) is 18.8 Å². The van der Waals surface area contributed by atoms with Crippen molar-refractivity contribution in [3.05, 3.63) is 11.8 Å². The SMILES string of the molecule is Cn1nc(OC(N)=O)cc1C(O)C1CC1. The van der Waals surface area contributed by atoms with Gasteiger partial charge in [0.05, 0.1) is 11.8 Å². The second-order valence-electron chi connectivity index (χ2n) is 3.73. The molecule has 15 heavy (non-hydrogen) atoms. The molecular formula is C9H13N3O3. The van der Waals surface area contributed by atoms with Crippen LogP contribution >= 0.6 is 0 Å². The van der Waals surface area contributed by atoms with Gasteiger partial charge in [-0.1, -0.05) is 0 Å². The Labute approximate surface area is 86.6 Å². The average molecular weight is 211 g/mol. The lowest BCUT2D eigenvalue weighted by Gasteiger charge is -2.07. The Morgan fingerprint density at radius 1 is 1.80 bits per heavy atom. The number of aliphatic hydroxyl groups is 1. The van der Waals surface area contributed by atoms with E-state index in [1.165, 1.54) is 10.7 Å². The number of aryl methyl sites for hydroxylation is 1. The highest BCUT2D eigenvalue weighted by atomic mass is 16.6. The maximum absolute atomic E-state index is 10.5. The lowest BCUT2D eigenvalue weighted by Crippen LogP contribution is -2.16. The van der Waals surface area contributed by atoms with Gasteiger partial charge in [-0.3, -0.25) is 4.68 Å². The van der Waals surface area contributed by atoms with Gasteiger partial charge in [-0.15, -0.1) is 5.10 Å². The number of nitrogens with zero attached hydrogens (tertiary/aromatic N) is 2. The molecule has 1 atom stereocenters. The van der Waals surface area contributed by atoms with Gasteiger partial charge >= 0.3 is 6.09 Å². The zero-order chi connectivity index (χ0) is 11.0. The normalized spacial score (nSPS) is 17.5. The molecule has 0 saturated heterocycles. The molecule has 3 N–H and O–H groups in total. The third kappa shape index (κ3) is 2.10. The maximum Gasteiger partial charge on any atom is 0.411 e. The summed E-state index contributed by atoms with van der Waals surface area (Å²) in [4.78, 5) is 10.5. The molecule has 1 saturated carbocycles. The smallest absolute Gasteiger partial charge is 0.390 e. The van der Waals surface area contributed by atoms with Crippen molar-refractivity contribution in [3.8, 4) is 5.88 Å². The van der Waals surface area contributed by atoms with E-state index in [9.17, 15) is 9.90 Å². The summed E-state index contributed by atoms with van der Waals surface area (Å²) in [7, 11) is 1.69. The summed E-state index contributed by atoms with van der Waals surface area (Å²) in [6.07, 6.45) is 0.616. The number of carbonyl (C=O) groups is 1. The van der Waals surface area contributed by atoms with Crippen molar-refractivity contribution in [2.75, 3.05) is 0 Å². The molecule has 1 fully saturated rings. The van der Waals surface area contributed by atoms with Crippen molar-refractivity contribution in [2.45, 2.75) is 18.9 Å². The van der Waals surface area contributed by atoms with Crippen molar-refractivity contribution in [2.24, 2.45) is 18.7 Å². The molecule has 0 aliphatic heterocycles. The predicted octanol–water partition coefficient (Wildman–Crippen LogP) is 0.321. The lowest BCUT2D eigenvalue weighted by atomic mass is 10.2. The first-order valence-corrected chi connectivity index (χ1v) is 4.77. The molecule has 6 heteroatoms. The van der Waals surface area contributed by atoms with Crippen molar-refractivity contribution in [3.63, 3.8) is 0 Å². The number of aromatic nitrogens is 2. The fraction of sp³-hybridized carbons (Fsp3) is 0.556. The van der Waals surface area contributed by atoms with Gasteiger partial charge in [-0.25, -0.2) is 4.79 Å². The van der Waals surface area contributed by atoms with E-state index in [-0.39, 0.29) is 5.88 Å². The standard InChI is InChI=1S/C9H13N3O3/c1-12-6(8(13)5-2-3-5)4-7(11-12)15-9(10)14/h4-5,8,13H,2-3H2,1H3,(H2,10,14). The summed E-state index contributed by atoms with van der Waals surface area (Å²) in [5.41, 5.74) is 5.51. The molecule has 1 aromatic rings. The van der Waals surface area contributed by atoms with Crippen LogP contribution in [0.25, 0.3) is 0 Å². The summed E-state index contributed by atoms with van der Waals surface area (Å²) in [5.74, 6) is 0.432. The molecule has 1 aliphatic rings. The van der Waals surface area contributed by atoms with Gasteiger partial charge in [0.1, 0.15) is 0 Å². The molecule has 1 aliphatic carbocycles. The Morgan fingerprint density at radius 3 is 3.00 bits per heavy atom. The fourth-order valence-electron chi connectivity index (χ4n) is 1.54. The van der Waals surface area contributed by atoms with Gasteiger partial charge in [0, 0.05) is 13.1 Å². The Balaban J connectivity index is 2.16. The Kier molecular flexibility index (Phi) is 2.36. The van der Waals surface area contributed by atoms with Crippen LogP contribution in [0, 0.1) is 5.92 Å². The maximum atomic E-state index is 10.5. The van der Waals surface area contributed by atoms with Crippen molar-refractivity contribution >= 4 is 6.09 Å². The number of hydrogen-bond donors (Lipinski definition) is 2. The van der Waals surface area contributed by atoms with Gasteiger partial charge in [0.15, 0.2) is 0 Å². The highest BCUT2D eigenvalue weighted by molar-refractivity contribution is 5.67. The molecule has 0 radical (unpaired) electrons. The van der Waals surface area contributed by atoms with E-state index >= 15 is 0 Å². The molecule has 2 rings (SSSR count). The minimum atomic E-state index is -0.902. The minimum absolute atomic E-state index is 0.125. The predicted molar refractivity (Wildman–Crippen MR) is 51.1 cm³/mol. The third-order valence-electron chi connectivity index (χ3n) is 2.47. The van der Waals surface area contributed by atoms with Crippen LogP contribution in [0.4, 0.5) is 4.79 Å². The van der Waals surface area contributed by atoms with Gasteiger partial charge < -0.3 is 15.6 Å². The van der Waals surface area contributed by atoms with Gasteiger partial charge in [0.2, 0.25) is 5.88 Å². The van der Waals surface area contributed by atoms with Crippen LogP contribution in [0.3, 0.4) is 0 Å². The number of amides is 1. The number of carbonyl (C=O) groups excluding carboxylic acids is 1. The first kappa shape index (κ1) is 9.97. The van der Waals surface area contributed by atoms with Crippen LogP contribution in [0.15, 0.2) is 6.07 Å². The van der Waals surface area contributed by atoms with Crippen LogP contribution < -0.4 is 10.5 Å². The topological polar surface area (TPSA) is 90.4 Å². The molecule has 82 valence electrons. The highest BCUT2D eigenvalue weighted by Gasteiger charge is 2.33. The summed E-state index contributed by atoms with van der Waals surface area (Å²) < 4.78 is 6.12. The molecule has 1 unspecified atom stereocenters. The molecule has 1 amide bonds. The van der Waals surface area contributed by atoms with Crippen LogP contribution in [0.2, 0.25) is 0 Å². The summed E-state index contributed by atoms with van der Waals surface area (Å²) >= 11 is 0. The summed E-state index contributed by atoms with van der Waals surface area (Å²) in [6.45, 7) is 0. The van der Waals surface area contributed by atoms with E-state index in [1.54, 1.807) is 7.05 Å². The Morgan fingerprint density at radius 2 is 2.47 bits per heavy atom. The van der Waals surface area contributed by atoms with Crippen LogP contribution in [0.5, 0.6) is 5.88 Å². The molecule has 0 spiro atoms. The number of ether oxygens (including phenoxy) is 1. The Bertz CT molecular complexity index is 384.